The Morgan fingerprint density at radius 3 is 3.21 bits per heavy atom. The first-order chi connectivity index (χ1) is 6.79. The molecular formula is C10H17N3S. The van der Waals surface area contributed by atoms with Crippen LogP contribution < -0.4 is 5.73 Å². The standard InChI is InChI=1S/C10H17N3S/c1-13-6-4-8-9(7-13)14-10(12-8)3-2-5-11/h2-7,11H2,1H3. The van der Waals surface area contributed by atoms with Gasteiger partial charge in [0.05, 0.1) is 10.7 Å². The number of rotatable bonds is 3. The highest BCUT2D eigenvalue weighted by molar-refractivity contribution is 7.11. The zero-order valence-electron chi connectivity index (χ0n) is 8.62. The minimum absolute atomic E-state index is 0.768. The second kappa shape index (κ2) is 4.38. The maximum atomic E-state index is 5.49. The highest BCUT2D eigenvalue weighted by Crippen LogP contribution is 2.24. The summed E-state index contributed by atoms with van der Waals surface area (Å²) in [5.41, 5.74) is 6.82. The topological polar surface area (TPSA) is 42.2 Å². The van der Waals surface area contributed by atoms with Gasteiger partial charge in [0, 0.05) is 30.8 Å². The number of fused-ring (bicyclic) bond motifs is 1. The number of nitrogens with zero attached hydrogens (tertiary/aromatic N) is 2. The number of hydrogen-bond acceptors (Lipinski definition) is 4. The molecule has 0 spiro atoms. The van der Waals surface area contributed by atoms with Crippen LogP contribution in [0.15, 0.2) is 0 Å². The van der Waals surface area contributed by atoms with Gasteiger partial charge in [-0.15, -0.1) is 11.3 Å². The van der Waals surface area contributed by atoms with E-state index in [1.807, 2.05) is 11.3 Å². The second-order valence-corrected chi connectivity index (χ2v) is 5.03. The van der Waals surface area contributed by atoms with Crippen LogP contribution in [0.4, 0.5) is 0 Å². The average molecular weight is 211 g/mol. The number of hydrogen-bond donors (Lipinski definition) is 1. The lowest BCUT2D eigenvalue weighted by Gasteiger charge is -2.20. The van der Waals surface area contributed by atoms with Crippen LogP contribution in [0.5, 0.6) is 0 Å². The third-order valence-corrected chi connectivity index (χ3v) is 3.70. The summed E-state index contributed by atoms with van der Waals surface area (Å²) >= 11 is 1.87. The zero-order valence-corrected chi connectivity index (χ0v) is 9.44. The molecule has 0 radical (unpaired) electrons. The Morgan fingerprint density at radius 2 is 2.43 bits per heavy atom. The van der Waals surface area contributed by atoms with Gasteiger partial charge in [-0.25, -0.2) is 4.98 Å². The Bertz CT molecular complexity index is 308. The highest BCUT2D eigenvalue weighted by atomic mass is 32.1. The van der Waals surface area contributed by atoms with E-state index in [1.54, 1.807) is 0 Å². The lowest BCUT2D eigenvalue weighted by molar-refractivity contribution is 0.314. The van der Waals surface area contributed by atoms with Crippen LogP contribution in [0.25, 0.3) is 0 Å². The molecule has 14 heavy (non-hydrogen) atoms. The third kappa shape index (κ3) is 2.13. The predicted octanol–water partition coefficient (Wildman–Crippen LogP) is 1.02. The summed E-state index contributed by atoms with van der Waals surface area (Å²) in [5.74, 6) is 0. The summed E-state index contributed by atoms with van der Waals surface area (Å²) in [4.78, 5) is 8.48. The van der Waals surface area contributed by atoms with Crippen molar-refractivity contribution in [2.75, 3.05) is 20.1 Å². The minimum atomic E-state index is 0.768. The van der Waals surface area contributed by atoms with Gasteiger partial charge in [-0.2, -0.15) is 0 Å². The number of nitrogens with two attached hydrogens (primary N) is 1. The molecule has 0 aliphatic carbocycles. The monoisotopic (exact) mass is 211 g/mol. The van der Waals surface area contributed by atoms with Gasteiger partial charge in [0.2, 0.25) is 0 Å². The first kappa shape index (κ1) is 10.1. The zero-order chi connectivity index (χ0) is 9.97. The SMILES string of the molecule is CN1CCc2nc(CCCN)sc2C1. The van der Waals surface area contributed by atoms with E-state index < -0.39 is 0 Å². The molecule has 4 heteroatoms. The molecule has 2 N–H and O–H groups in total. The van der Waals surface area contributed by atoms with Crippen molar-refractivity contribution in [3.8, 4) is 0 Å². The Hall–Kier alpha value is -0.450. The molecule has 0 atom stereocenters. The van der Waals surface area contributed by atoms with E-state index >= 15 is 0 Å². The van der Waals surface area contributed by atoms with E-state index in [0.717, 1.165) is 38.9 Å². The average Bonchev–Trinajstić information content (AvgIpc) is 2.56. The fourth-order valence-corrected chi connectivity index (χ4v) is 2.97. The van der Waals surface area contributed by atoms with Crippen LogP contribution in [-0.4, -0.2) is 30.0 Å². The molecule has 0 saturated heterocycles. The Kier molecular flexibility index (Phi) is 3.15. The maximum absolute atomic E-state index is 5.49. The number of aromatic nitrogens is 1. The van der Waals surface area contributed by atoms with E-state index in [4.69, 9.17) is 5.73 Å². The largest absolute Gasteiger partial charge is 0.330 e. The molecule has 0 unspecified atom stereocenters. The van der Waals surface area contributed by atoms with E-state index in [2.05, 4.69) is 16.9 Å². The van der Waals surface area contributed by atoms with Gasteiger partial charge in [0.25, 0.3) is 0 Å². The normalized spacial score (nSPS) is 17.0. The molecule has 1 aliphatic rings. The summed E-state index contributed by atoms with van der Waals surface area (Å²) in [6, 6.07) is 0. The maximum Gasteiger partial charge on any atom is 0.0932 e. The summed E-state index contributed by atoms with van der Waals surface area (Å²) < 4.78 is 0. The predicted molar refractivity (Wildman–Crippen MR) is 59.5 cm³/mol. The van der Waals surface area contributed by atoms with Crippen LogP contribution in [0.2, 0.25) is 0 Å². The molecule has 1 aromatic rings. The molecule has 1 aromatic heterocycles. The van der Waals surface area contributed by atoms with Crippen LogP contribution in [0.3, 0.4) is 0 Å². The van der Waals surface area contributed by atoms with Crippen LogP contribution in [0, 0.1) is 0 Å². The first-order valence-electron chi connectivity index (χ1n) is 5.15. The van der Waals surface area contributed by atoms with Gasteiger partial charge in [-0.3, -0.25) is 0 Å². The number of thiazole rings is 1. The van der Waals surface area contributed by atoms with Gasteiger partial charge >= 0.3 is 0 Å². The second-order valence-electron chi connectivity index (χ2n) is 3.86. The van der Waals surface area contributed by atoms with Crippen molar-refractivity contribution in [1.29, 1.82) is 0 Å². The summed E-state index contributed by atoms with van der Waals surface area (Å²) in [5, 5.41) is 1.27. The van der Waals surface area contributed by atoms with Crippen molar-refractivity contribution in [2.45, 2.75) is 25.8 Å². The van der Waals surface area contributed by atoms with Crippen molar-refractivity contribution in [3.05, 3.63) is 15.6 Å². The van der Waals surface area contributed by atoms with E-state index in [1.165, 1.54) is 15.6 Å². The molecule has 0 bridgehead atoms. The Morgan fingerprint density at radius 1 is 1.57 bits per heavy atom. The number of likely N-dealkylation sites (N-methyl/N-ethyl adjacent to an activating group) is 1. The van der Waals surface area contributed by atoms with Crippen molar-refractivity contribution < 1.29 is 0 Å². The minimum Gasteiger partial charge on any atom is -0.330 e. The van der Waals surface area contributed by atoms with E-state index in [0.29, 0.717) is 0 Å². The summed E-state index contributed by atoms with van der Waals surface area (Å²) in [6.45, 7) is 2.99. The lowest BCUT2D eigenvalue weighted by atomic mass is 10.2. The molecule has 0 aromatic carbocycles. The van der Waals surface area contributed by atoms with Crippen LogP contribution in [0.1, 0.15) is 22.0 Å². The first-order valence-corrected chi connectivity index (χ1v) is 5.97. The lowest BCUT2D eigenvalue weighted by Crippen LogP contribution is -2.25. The Labute approximate surface area is 88.9 Å². The molecule has 3 nitrogen and oxygen atoms in total. The van der Waals surface area contributed by atoms with Gasteiger partial charge in [0.15, 0.2) is 0 Å². The van der Waals surface area contributed by atoms with Gasteiger partial charge in [-0.1, -0.05) is 0 Å². The van der Waals surface area contributed by atoms with Crippen LogP contribution >= 0.6 is 11.3 Å². The van der Waals surface area contributed by atoms with Crippen molar-refractivity contribution in [2.24, 2.45) is 5.73 Å². The highest BCUT2D eigenvalue weighted by Gasteiger charge is 2.17. The molecule has 78 valence electrons. The molecular weight excluding hydrogens is 194 g/mol. The molecule has 0 fully saturated rings. The van der Waals surface area contributed by atoms with Gasteiger partial charge in [0.1, 0.15) is 0 Å². The van der Waals surface area contributed by atoms with Gasteiger partial charge in [-0.05, 0) is 20.0 Å². The molecule has 1 aliphatic heterocycles. The molecule has 0 saturated carbocycles. The molecule has 2 rings (SSSR count). The van der Waals surface area contributed by atoms with Crippen LogP contribution in [-0.2, 0) is 19.4 Å². The fourth-order valence-electron chi connectivity index (χ4n) is 1.74. The summed E-state index contributed by atoms with van der Waals surface area (Å²) in [6.07, 6.45) is 3.23. The van der Waals surface area contributed by atoms with Crippen molar-refractivity contribution in [1.82, 2.24) is 9.88 Å². The van der Waals surface area contributed by atoms with Crippen molar-refractivity contribution >= 4 is 11.3 Å². The van der Waals surface area contributed by atoms with Gasteiger partial charge < -0.3 is 10.6 Å². The molecule has 0 amide bonds. The number of aryl methyl sites for hydroxylation is 1. The van der Waals surface area contributed by atoms with E-state index in [-0.39, 0.29) is 0 Å². The quantitative estimate of drug-likeness (QED) is 0.812. The fraction of sp³-hybridized carbons (Fsp3) is 0.700. The third-order valence-electron chi connectivity index (χ3n) is 2.56. The summed E-state index contributed by atoms with van der Waals surface area (Å²) in [7, 11) is 2.17. The smallest absolute Gasteiger partial charge is 0.0932 e. The van der Waals surface area contributed by atoms with Crippen molar-refractivity contribution in [3.63, 3.8) is 0 Å². The Balaban J connectivity index is 2.07. The van der Waals surface area contributed by atoms with E-state index in [9.17, 15) is 0 Å². The molecule has 2 heterocycles.